The van der Waals surface area contributed by atoms with Crippen LogP contribution in [0.5, 0.6) is 0 Å². The van der Waals surface area contributed by atoms with E-state index in [0.29, 0.717) is 0 Å². The van der Waals surface area contributed by atoms with Gasteiger partial charge in [-0.2, -0.15) is 0 Å². The first-order valence-corrected chi connectivity index (χ1v) is 6.21. The Hall–Kier alpha value is -1.46. The predicted molar refractivity (Wildman–Crippen MR) is 71.2 cm³/mol. The second kappa shape index (κ2) is 5.46. The zero-order valence-corrected chi connectivity index (χ0v) is 11.3. The van der Waals surface area contributed by atoms with E-state index in [-0.39, 0.29) is 0 Å². The molecule has 0 spiro atoms. The highest BCUT2D eigenvalue weighted by Gasteiger charge is 2.15. The first kappa shape index (κ1) is 13.0. The Morgan fingerprint density at radius 1 is 1.22 bits per heavy atom. The van der Waals surface area contributed by atoms with Gasteiger partial charge in [0.25, 0.3) is 0 Å². The third kappa shape index (κ3) is 3.05. The lowest BCUT2D eigenvalue weighted by Crippen LogP contribution is -2.44. The van der Waals surface area contributed by atoms with Gasteiger partial charge in [0.15, 0.2) is 0 Å². The topological polar surface area (TPSA) is 39.9 Å². The fourth-order valence-electron chi connectivity index (χ4n) is 1.90. The molecule has 0 aliphatic heterocycles. The van der Waals surface area contributed by atoms with Gasteiger partial charge in [0.1, 0.15) is 12.1 Å². The molecule has 2 rings (SSSR count). The van der Waals surface area contributed by atoms with Gasteiger partial charge in [-0.25, -0.2) is 4.68 Å². The standard InChI is InChI=1S/C13H21N4O/c1-17(2,10-11-18-3)9-8-16-13-7-5-4-6-12(13)14-15-16/h4-7H,8-11H2,1-3H3/q+1. The molecule has 0 fully saturated rings. The Bertz CT molecular complexity index is 506. The number of hydrogen-bond donors (Lipinski definition) is 0. The SMILES string of the molecule is COCC[N+](C)(C)CCn1nnc2ccccc21. The van der Waals surface area contributed by atoms with Crippen LogP contribution in [0.2, 0.25) is 0 Å². The zero-order valence-electron chi connectivity index (χ0n) is 11.3. The molecule has 0 atom stereocenters. The molecule has 0 N–H and O–H groups in total. The van der Waals surface area contributed by atoms with Gasteiger partial charge < -0.3 is 9.22 Å². The molecule has 2 aromatic rings. The summed E-state index contributed by atoms with van der Waals surface area (Å²) in [6, 6.07) is 8.06. The molecule has 0 amide bonds. The van der Waals surface area contributed by atoms with Crippen molar-refractivity contribution in [1.82, 2.24) is 15.0 Å². The lowest BCUT2D eigenvalue weighted by Gasteiger charge is -2.29. The molecule has 98 valence electrons. The van der Waals surface area contributed by atoms with E-state index in [2.05, 4.69) is 30.5 Å². The van der Waals surface area contributed by atoms with Gasteiger partial charge in [-0.1, -0.05) is 17.3 Å². The number of para-hydroxylation sites is 1. The van der Waals surface area contributed by atoms with Gasteiger partial charge >= 0.3 is 0 Å². The number of fused-ring (bicyclic) bond motifs is 1. The Balaban J connectivity index is 2.01. The molecule has 0 saturated carbocycles. The molecule has 1 heterocycles. The number of quaternary nitrogens is 1. The van der Waals surface area contributed by atoms with Gasteiger partial charge in [0.2, 0.25) is 0 Å². The van der Waals surface area contributed by atoms with Gasteiger partial charge in [0, 0.05) is 7.11 Å². The second-order valence-corrected chi connectivity index (χ2v) is 5.18. The number of likely N-dealkylation sites (N-methyl/N-ethyl adjacent to an activating group) is 1. The van der Waals surface area contributed by atoms with Crippen molar-refractivity contribution in [3.8, 4) is 0 Å². The molecular weight excluding hydrogens is 228 g/mol. The van der Waals surface area contributed by atoms with Crippen LogP contribution in [0.25, 0.3) is 11.0 Å². The van der Waals surface area contributed by atoms with Crippen LogP contribution in [0.4, 0.5) is 0 Å². The van der Waals surface area contributed by atoms with Crippen molar-refractivity contribution in [2.24, 2.45) is 0 Å². The molecule has 0 unspecified atom stereocenters. The van der Waals surface area contributed by atoms with Crippen molar-refractivity contribution >= 4 is 11.0 Å². The second-order valence-electron chi connectivity index (χ2n) is 5.18. The number of ether oxygens (including phenoxy) is 1. The van der Waals surface area contributed by atoms with E-state index in [9.17, 15) is 0 Å². The van der Waals surface area contributed by atoms with Crippen LogP contribution >= 0.6 is 0 Å². The summed E-state index contributed by atoms with van der Waals surface area (Å²) in [6.45, 7) is 3.67. The fraction of sp³-hybridized carbons (Fsp3) is 0.538. The number of benzene rings is 1. The summed E-state index contributed by atoms with van der Waals surface area (Å²) in [5.41, 5.74) is 2.06. The number of methoxy groups -OCH3 is 1. The minimum absolute atomic E-state index is 0.783. The van der Waals surface area contributed by atoms with Crippen molar-refractivity contribution in [2.75, 3.05) is 40.9 Å². The molecule has 1 aromatic heterocycles. The first-order chi connectivity index (χ1) is 8.62. The van der Waals surface area contributed by atoms with Crippen molar-refractivity contribution in [2.45, 2.75) is 6.54 Å². The summed E-state index contributed by atoms with van der Waals surface area (Å²) in [4.78, 5) is 0. The molecule has 0 aliphatic rings. The van der Waals surface area contributed by atoms with E-state index >= 15 is 0 Å². The minimum atomic E-state index is 0.783. The molecule has 0 bridgehead atoms. The molecule has 0 aliphatic carbocycles. The Kier molecular flexibility index (Phi) is 3.93. The summed E-state index contributed by atoms with van der Waals surface area (Å²) in [6.07, 6.45) is 0. The largest absolute Gasteiger partial charge is 0.379 e. The van der Waals surface area contributed by atoms with Crippen LogP contribution in [0.1, 0.15) is 0 Å². The van der Waals surface area contributed by atoms with E-state index in [0.717, 1.165) is 41.8 Å². The van der Waals surface area contributed by atoms with E-state index in [4.69, 9.17) is 4.74 Å². The Morgan fingerprint density at radius 2 is 2.00 bits per heavy atom. The number of rotatable bonds is 6. The highest BCUT2D eigenvalue weighted by atomic mass is 16.5. The van der Waals surface area contributed by atoms with Crippen LogP contribution in [0.15, 0.2) is 24.3 Å². The molecule has 5 nitrogen and oxygen atoms in total. The average Bonchev–Trinajstić information content (AvgIpc) is 2.78. The summed E-state index contributed by atoms with van der Waals surface area (Å²) in [7, 11) is 6.15. The molecule has 1 aromatic carbocycles. The lowest BCUT2D eigenvalue weighted by atomic mass is 10.3. The summed E-state index contributed by atoms with van der Waals surface area (Å²) < 4.78 is 8.03. The molecule has 18 heavy (non-hydrogen) atoms. The third-order valence-electron chi connectivity index (χ3n) is 3.24. The van der Waals surface area contributed by atoms with E-state index in [1.807, 2.05) is 22.9 Å². The Labute approximate surface area is 108 Å². The summed E-state index contributed by atoms with van der Waals surface area (Å²) in [5, 5.41) is 8.37. The van der Waals surface area contributed by atoms with Crippen LogP contribution in [0.3, 0.4) is 0 Å². The normalized spacial score (nSPS) is 12.2. The summed E-state index contributed by atoms with van der Waals surface area (Å²) >= 11 is 0. The van der Waals surface area contributed by atoms with Crippen LogP contribution in [0, 0.1) is 0 Å². The van der Waals surface area contributed by atoms with E-state index in [1.54, 1.807) is 7.11 Å². The van der Waals surface area contributed by atoms with Crippen LogP contribution in [-0.2, 0) is 11.3 Å². The maximum absolute atomic E-state index is 5.13. The van der Waals surface area contributed by atoms with Crippen LogP contribution in [-0.4, -0.2) is 60.4 Å². The summed E-state index contributed by atoms with van der Waals surface area (Å²) in [5.74, 6) is 0. The van der Waals surface area contributed by atoms with Crippen molar-refractivity contribution in [3.63, 3.8) is 0 Å². The highest BCUT2D eigenvalue weighted by Crippen LogP contribution is 2.10. The number of aromatic nitrogens is 3. The van der Waals surface area contributed by atoms with Gasteiger partial charge in [0.05, 0.1) is 39.3 Å². The first-order valence-electron chi connectivity index (χ1n) is 6.21. The van der Waals surface area contributed by atoms with Gasteiger partial charge in [-0.3, -0.25) is 0 Å². The number of hydrogen-bond acceptors (Lipinski definition) is 3. The minimum Gasteiger partial charge on any atom is -0.379 e. The molecule has 5 heteroatoms. The average molecular weight is 249 g/mol. The predicted octanol–water partition coefficient (Wildman–Crippen LogP) is 1.15. The smallest absolute Gasteiger partial charge is 0.113 e. The van der Waals surface area contributed by atoms with Gasteiger partial charge in [-0.05, 0) is 12.1 Å². The molecule has 0 radical (unpaired) electrons. The van der Waals surface area contributed by atoms with Crippen LogP contribution < -0.4 is 0 Å². The maximum Gasteiger partial charge on any atom is 0.113 e. The molecule has 0 saturated heterocycles. The Morgan fingerprint density at radius 3 is 2.78 bits per heavy atom. The highest BCUT2D eigenvalue weighted by molar-refractivity contribution is 5.73. The fourth-order valence-corrected chi connectivity index (χ4v) is 1.90. The number of nitrogens with zero attached hydrogens (tertiary/aromatic N) is 4. The monoisotopic (exact) mass is 249 g/mol. The van der Waals surface area contributed by atoms with E-state index in [1.165, 1.54) is 0 Å². The van der Waals surface area contributed by atoms with E-state index < -0.39 is 0 Å². The quantitative estimate of drug-likeness (QED) is 0.721. The maximum atomic E-state index is 5.13. The van der Waals surface area contributed by atoms with Crippen molar-refractivity contribution in [1.29, 1.82) is 0 Å². The van der Waals surface area contributed by atoms with Crippen molar-refractivity contribution in [3.05, 3.63) is 24.3 Å². The lowest BCUT2D eigenvalue weighted by molar-refractivity contribution is -0.891. The van der Waals surface area contributed by atoms with Gasteiger partial charge in [-0.15, -0.1) is 5.10 Å². The third-order valence-corrected chi connectivity index (χ3v) is 3.24. The molecular formula is C13H21N4O+. The van der Waals surface area contributed by atoms with Crippen molar-refractivity contribution < 1.29 is 9.22 Å². The zero-order chi connectivity index (χ0) is 13.0.